The van der Waals surface area contributed by atoms with E-state index in [4.69, 9.17) is 5.11 Å². The number of rotatable bonds is 3. The van der Waals surface area contributed by atoms with Crippen LogP contribution in [-0.4, -0.2) is 38.6 Å². The van der Waals surface area contributed by atoms with Crippen LogP contribution in [0, 0.1) is 0 Å². The zero-order chi connectivity index (χ0) is 11.4. The Morgan fingerprint density at radius 1 is 1.56 bits per heavy atom. The summed E-state index contributed by atoms with van der Waals surface area (Å²) in [6, 6.07) is 0.372. The van der Waals surface area contributed by atoms with Crippen molar-refractivity contribution in [1.82, 2.24) is 9.97 Å². The normalized spacial score (nSPS) is 20.4. The molecule has 0 aliphatic carbocycles. The van der Waals surface area contributed by atoms with Crippen LogP contribution in [0.4, 0.5) is 5.82 Å². The Hall–Kier alpha value is -1.30. The van der Waals surface area contributed by atoms with Gasteiger partial charge in [-0.15, -0.1) is 0 Å². The number of aromatic nitrogens is 2. The Balaban J connectivity index is 2.02. The molecule has 0 amide bonds. The van der Waals surface area contributed by atoms with Crippen LogP contribution in [0.2, 0.25) is 0 Å². The second-order valence-electron chi connectivity index (χ2n) is 3.65. The van der Waals surface area contributed by atoms with Crippen molar-refractivity contribution in [3.8, 4) is 0 Å². The summed E-state index contributed by atoms with van der Waals surface area (Å²) in [5.74, 6) is 1.75. The summed E-state index contributed by atoms with van der Waals surface area (Å²) in [6.45, 7) is 0. The fourth-order valence-corrected chi connectivity index (χ4v) is 2.67. The van der Waals surface area contributed by atoms with Gasteiger partial charge >= 0.3 is 5.97 Å². The van der Waals surface area contributed by atoms with Crippen LogP contribution >= 0.6 is 11.8 Å². The standard InChI is InChI=1S/C10H13N3O2S/c14-10(15)8-4-11-5-9(13-8)12-7-2-1-3-16-6-7/h4-5,7H,1-3,6H2,(H,12,13)(H,14,15). The number of aromatic carboxylic acids is 1. The van der Waals surface area contributed by atoms with E-state index in [0.29, 0.717) is 11.9 Å². The molecule has 1 aromatic rings. The predicted molar refractivity (Wildman–Crippen MR) is 63.0 cm³/mol. The number of thioether (sulfide) groups is 1. The van der Waals surface area contributed by atoms with Gasteiger partial charge in [0.2, 0.25) is 0 Å². The van der Waals surface area contributed by atoms with Crippen LogP contribution in [-0.2, 0) is 0 Å². The van der Waals surface area contributed by atoms with Gasteiger partial charge in [0.05, 0.1) is 12.4 Å². The van der Waals surface area contributed by atoms with Crippen molar-refractivity contribution in [3.63, 3.8) is 0 Å². The van der Waals surface area contributed by atoms with Crippen LogP contribution < -0.4 is 5.32 Å². The molecule has 0 radical (unpaired) electrons. The Morgan fingerprint density at radius 2 is 2.44 bits per heavy atom. The van der Waals surface area contributed by atoms with Gasteiger partial charge < -0.3 is 10.4 Å². The van der Waals surface area contributed by atoms with Crippen LogP contribution in [0.25, 0.3) is 0 Å². The Kier molecular flexibility index (Phi) is 3.61. The van der Waals surface area contributed by atoms with E-state index in [9.17, 15) is 4.79 Å². The summed E-state index contributed by atoms with van der Waals surface area (Å²) >= 11 is 1.91. The van der Waals surface area contributed by atoms with Gasteiger partial charge in [0.1, 0.15) is 5.82 Å². The average Bonchev–Trinajstić information content (AvgIpc) is 2.30. The lowest BCUT2D eigenvalue weighted by atomic mass is 10.2. The van der Waals surface area contributed by atoms with Crippen LogP contribution in [0.1, 0.15) is 23.3 Å². The molecule has 1 saturated heterocycles. The SMILES string of the molecule is O=C(O)c1cncc(NC2CCCSC2)n1. The Morgan fingerprint density at radius 3 is 3.12 bits per heavy atom. The quantitative estimate of drug-likeness (QED) is 0.832. The number of carboxylic acids is 1. The second kappa shape index (κ2) is 5.16. The summed E-state index contributed by atoms with van der Waals surface area (Å²) in [5.41, 5.74) is -0.0199. The topological polar surface area (TPSA) is 75.1 Å². The van der Waals surface area contributed by atoms with E-state index in [1.165, 1.54) is 18.4 Å². The third-order valence-corrected chi connectivity index (χ3v) is 3.58. The number of nitrogens with one attached hydrogen (secondary N) is 1. The molecule has 1 aliphatic rings. The zero-order valence-electron chi connectivity index (χ0n) is 8.72. The number of nitrogens with zero attached hydrogens (tertiary/aromatic N) is 2. The van der Waals surface area contributed by atoms with E-state index in [2.05, 4.69) is 15.3 Å². The molecule has 2 rings (SSSR count). The molecule has 5 nitrogen and oxygen atoms in total. The second-order valence-corrected chi connectivity index (χ2v) is 4.80. The number of hydrogen-bond donors (Lipinski definition) is 2. The van der Waals surface area contributed by atoms with Crippen molar-refractivity contribution in [1.29, 1.82) is 0 Å². The maximum absolute atomic E-state index is 10.7. The van der Waals surface area contributed by atoms with Gasteiger partial charge in [-0.1, -0.05) is 0 Å². The van der Waals surface area contributed by atoms with Gasteiger partial charge in [-0.05, 0) is 18.6 Å². The summed E-state index contributed by atoms with van der Waals surface area (Å²) < 4.78 is 0. The number of carboxylic acid groups (broad SMARTS) is 1. The molecule has 2 heterocycles. The van der Waals surface area contributed by atoms with Crippen molar-refractivity contribution in [2.45, 2.75) is 18.9 Å². The van der Waals surface area contributed by atoms with E-state index >= 15 is 0 Å². The van der Waals surface area contributed by atoms with E-state index in [1.807, 2.05) is 11.8 Å². The smallest absolute Gasteiger partial charge is 0.356 e. The molecule has 1 aromatic heterocycles. The third kappa shape index (κ3) is 2.85. The molecule has 6 heteroatoms. The average molecular weight is 239 g/mol. The van der Waals surface area contributed by atoms with Crippen molar-refractivity contribution < 1.29 is 9.90 Å². The number of hydrogen-bond acceptors (Lipinski definition) is 5. The van der Waals surface area contributed by atoms with E-state index < -0.39 is 5.97 Å². The first-order valence-electron chi connectivity index (χ1n) is 5.15. The van der Waals surface area contributed by atoms with Gasteiger partial charge in [0.25, 0.3) is 0 Å². The fraction of sp³-hybridized carbons (Fsp3) is 0.500. The highest BCUT2D eigenvalue weighted by atomic mass is 32.2. The fourth-order valence-electron chi connectivity index (χ4n) is 1.60. The molecule has 16 heavy (non-hydrogen) atoms. The maximum atomic E-state index is 10.7. The van der Waals surface area contributed by atoms with Crippen molar-refractivity contribution in [2.24, 2.45) is 0 Å². The van der Waals surface area contributed by atoms with Crippen LogP contribution in [0.3, 0.4) is 0 Å². The highest BCUT2D eigenvalue weighted by molar-refractivity contribution is 7.99. The van der Waals surface area contributed by atoms with Gasteiger partial charge in [-0.3, -0.25) is 4.98 Å². The number of anilines is 1. The largest absolute Gasteiger partial charge is 0.476 e. The maximum Gasteiger partial charge on any atom is 0.356 e. The van der Waals surface area contributed by atoms with Gasteiger partial charge in [-0.2, -0.15) is 11.8 Å². The summed E-state index contributed by atoms with van der Waals surface area (Å²) in [5, 5.41) is 12.0. The van der Waals surface area contributed by atoms with E-state index in [-0.39, 0.29) is 5.69 Å². The number of carbonyl (C=O) groups is 1. The third-order valence-electron chi connectivity index (χ3n) is 2.37. The molecular weight excluding hydrogens is 226 g/mol. The van der Waals surface area contributed by atoms with Crippen LogP contribution in [0.15, 0.2) is 12.4 Å². The minimum absolute atomic E-state index is 0.0199. The molecule has 1 unspecified atom stereocenters. The Labute approximate surface area is 97.7 Å². The molecule has 0 spiro atoms. The first-order valence-corrected chi connectivity index (χ1v) is 6.31. The lowest BCUT2D eigenvalue weighted by molar-refractivity contribution is 0.0690. The highest BCUT2D eigenvalue weighted by Crippen LogP contribution is 2.19. The molecule has 0 saturated carbocycles. The van der Waals surface area contributed by atoms with Gasteiger partial charge in [0.15, 0.2) is 5.69 Å². The minimum Gasteiger partial charge on any atom is -0.476 e. The summed E-state index contributed by atoms with van der Waals surface area (Å²) in [4.78, 5) is 18.6. The highest BCUT2D eigenvalue weighted by Gasteiger charge is 2.14. The van der Waals surface area contributed by atoms with E-state index in [1.54, 1.807) is 6.20 Å². The molecule has 1 fully saturated rings. The Bertz CT molecular complexity index is 380. The predicted octanol–water partition coefficient (Wildman–Crippen LogP) is 1.48. The van der Waals surface area contributed by atoms with E-state index in [0.717, 1.165) is 12.2 Å². The van der Waals surface area contributed by atoms with Crippen molar-refractivity contribution >= 4 is 23.5 Å². The lowest BCUT2D eigenvalue weighted by Gasteiger charge is -2.22. The molecule has 1 aliphatic heterocycles. The van der Waals surface area contributed by atoms with Gasteiger partial charge in [0, 0.05) is 11.8 Å². The summed E-state index contributed by atoms with van der Waals surface area (Å²) in [7, 11) is 0. The van der Waals surface area contributed by atoms with Crippen molar-refractivity contribution in [2.75, 3.05) is 16.8 Å². The zero-order valence-corrected chi connectivity index (χ0v) is 9.54. The molecule has 0 bridgehead atoms. The minimum atomic E-state index is -1.05. The molecular formula is C10H13N3O2S. The molecule has 2 N–H and O–H groups in total. The molecule has 0 aromatic carbocycles. The summed E-state index contributed by atoms with van der Waals surface area (Å²) in [6.07, 6.45) is 5.11. The van der Waals surface area contributed by atoms with Crippen molar-refractivity contribution in [3.05, 3.63) is 18.1 Å². The first kappa shape index (κ1) is 11.2. The molecule has 86 valence electrons. The lowest BCUT2D eigenvalue weighted by Crippen LogP contribution is -2.26. The monoisotopic (exact) mass is 239 g/mol. The van der Waals surface area contributed by atoms with Gasteiger partial charge in [-0.25, -0.2) is 9.78 Å². The molecule has 1 atom stereocenters. The first-order chi connectivity index (χ1) is 7.75. The van der Waals surface area contributed by atoms with Crippen LogP contribution in [0.5, 0.6) is 0 Å².